The molecule has 0 radical (unpaired) electrons. The molecular weight excluding hydrogens is 202 g/mol. The maximum atomic E-state index is 4.55. The predicted molar refractivity (Wildman–Crippen MR) is 68.6 cm³/mol. The van der Waals surface area contributed by atoms with Crippen molar-refractivity contribution in [3.8, 4) is 0 Å². The van der Waals surface area contributed by atoms with Crippen LogP contribution in [-0.4, -0.2) is 4.98 Å². The lowest BCUT2D eigenvalue weighted by Crippen LogP contribution is -1.92. The summed E-state index contributed by atoms with van der Waals surface area (Å²) in [5, 5.41) is 1.23. The van der Waals surface area contributed by atoms with Gasteiger partial charge in [-0.1, -0.05) is 0 Å². The average Bonchev–Trinajstić information content (AvgIpc) is 2.19. The van der Waals surface area contributed by atoms with E-state index in [1.54, 1.807) is 0 Å². The van der Waals surface area contributed by atoms with E-state index in [-0.39, 0.29) is 0 Å². The van der Waals surface area contributed by atoms with Gasteiger partial charge in [0.05, 0.1) is 5.52 Å². The Balaban J connectivity index is 2.84. The second kappa shape index (κ2) is 3.86. The zero-order chi connectivity index (χ0) is 11.0. The summed E-state index contributed by atoms with van der Waals surface area (Å²) in [6, 6.07) is 6.48. The third-order valence-corrected chi connectivity index (χ3v) is 3.15. The van der Waals surface area contributed by atoms with Crippen LogP contribution in [-0.2, 0) is 5.75 Å². The Bertz CT molecular complexity index is 517. The molecule has 1 aromatic carbocycles. The Morgan fingerprint density at radius 3 is 2.40 bits per heavy atom. The van der Waals surface area contributed by atoms with E-state index >= 15 is 0 Å². The van der Waals surface area contributed by atoms with Crippen molar-refractivity contribution in [3.63, 3.8) is 0 Å². The highest BCUT2D eigenvalue weighted by Crippen LogP contribution is 2.23. The van der Waals surface area contributed by atoms with Gasteiger partial charge in [0.25, 0.3) is 0 Å². The molecule has 0 amide bonds. The second-order valence-corrected chi connectivity index (χ2v) is 4.35. The largest absolute Gasteiger partial charge is 0.253 e. The fraction of sp³-hybridized carbons (Fsp3) is 0.308. The van der Waals surface area contributed by atoms with Gasteiger partial charge < -0.3 is 0 Å². The van der Waals surface area contributed by atoms with Crippen molar-refractivity contribution in [1.82, 2.24) is 4.98 Å². The van der Waals surface area contributed by atoms with Gasteiger partial charge in [-0.25, -0.2) is 0 Å². The van der Waals surface area contributed by atoms with Gasteiger partial charge in [0.15, 0.2) is 0 Å². The van der Waals surface area contributed by atoms with E-state index < -0.39 is 0 Å². The molecule has 0 aliphatic rings. The highest BCUT2D eigenvalue weighted by molar-refractivity contribution is 7.79. The molecule has 0 N–H and O–H groups in total. The minimum absolute atomic E-state index is 0.766. The van der Waals surface area contributed by atoms with E-state index in [1.807, 2.05) is 6.92 Å². The lowest BCUT2D eigenvalue weighted by Gasteiger charge is -2.08. The van der Waals surface area contributed by atoms with E-state index in [1.165, 1.54) is 22.1 Å². The zero-order valence-electron chi connectivity index (χ0n) is 9.33. The quantitative estimate of drug-likeness (QED) is 0.720. The van der Waals surface area contributed by atoms with Crippen molar-refractivity contribution < 1.29 is 0 Å². The minimum Gasteiger partial charge on any atom is -0.253 e. The van der Waals surface area contributed by atoms with Gasteiger partial charge in [0, 0.05) is 16.8 Å². The molecule has 0 unspecified atom stereocenters. The van der Waals surface area contributed by atoms with Crippen LogP contribution in [0.25, 0.3) is 10.9 Å². The van der Waals surface area contributed by atoms with E-state index in [0.717, 1.165) is 17.0 Å². The molecule has 0 aliphatic carbocycles. The maximum absolute atomic E-state index is 4.55. The molecule has 2 rings (SSSR count). The summed E-state index contributed by atoms with van der Waals surface area (Å²) in [5.41, 5.74) is 6.03. The number of nitrogens with zero attached hydrogens (tertiary/aromatic N) is 1. The van der Waals surface area contributed by atoms with Crippen LogP contribution < -0.4 is 0 Å². The number of pyridine rings is 1. The Labute approximate surface area is 95.9 Å². The number of aromatic nitrogens is 1. The second-order valence-electron chi connectivity index (χ2n) is 4.03. The lowest BCUT2D eigenvalue weighted by atomic mass is 10.0. The van der Waals surface area contributed by atoms with Crippen molar-refractivity contribution in [2.75, 3.05) is 0 Å². The van der Waals surface area contributed by atoms with Gasteiger partial charge in [-0.3, -0.25) is 4.98 Å². The first-order chi connectivity index (χ1) is 7.11. The molecule has 0 spiro atoms. The number of hydrogen-bond acceptors (Lipinski definition) is 2. The average molecular weight is 217 g/mol. The first-order valence-electron chi connectivity index (χ1n) is 5.10. The molecule has 78 valence electrons. The van der Waals surface area contributed by atoms with Crippen molar-refractivity contribution in [2.45, 2.75) is 26.5 Å². The molecule has 1 aromatic heterocycles. The molecule has 0 saturated carbocycles. The number of benzene rings is 1. The SMILES string of the molecule is Cc1cc(CS)c2cc(C)c(C)cc2n1. The van der Waals surface area contributed by atoms with Crippen LogP contribution >= 0.6 is 12.6 Å². The van der Waals surface area contributed by atoms with Crippen LogP contribution in [0.15, 0.2) is 18.2 Å². The van der Waals surface area contributed by atoms with Crippen molar-refractivity contribution in [3.05, 3.63) is 40.6 Å². The number of hydrogen-bond donors (Lipinski definition) is 1. The molecular formula is C13H15NS. The van der Waals surface area contributed by atoms with Crippen LogP contribution in [0.3, 0.4) is 0 Å². The van der Waals surface area contributed by atoms with Crippen molar-refractivity contribution in [2.24, 2.45) is 0 Å². The summed E-state index contributed by atoms with van der Waals surface area (Å²) in [6.07, 6.45) is 0. The van der Waals surface area contributed by atoms with Crippen LogP contribution in [0.4, 0.5) is 0 Å². The molecule has 0 aliphatic heterocycles. The fourth-order valence-electron chi connectivity index (χ4n) is 1.83. The van der Waals surface area contributed by atoms with Gasteiger partial charge in [-0.2, -0.15) is 12.6 Å². The number of fused-ring (bicyclic) bond motifs is 1. The zero-order valence-corrected chi connectivity index (χ0v) is 10.2. The fourth-order valence-corrected chi connectivity index (χ4v) is 2.10. The van der Waals surface area contributed by atoms with Gasteiger partial charge in [0.1, 0.15) is 0 Å². The number of aryl methyl sites for hydroxylation is 3. The van der Waals surface area contributed by atoms with E-state index in [2.05, 4.69) is 49.7 Å². The first-order valence-corrected chi connectivity index (χ1v) is 5.73. The topological polar surface area (TPSA) is 12.9 Å². The van der Waals surface area contributed by atoms with Crippen LogP contribution in [0.5, 0.6) is 0 Å². The summed E-state index contributed by atoms with van der Waals surface area (Å²) in [7, 11) is 0. The molecule has 2 heteroatoms. The molecule has 1 heterocycles. The van der Waals surface area contributed by atoms with Crippen molar-refractivity contribution >= 4 is 23.5 Å². The van der Waals surface area contributed by atoms with Gasteiger partial charge in [0.2, 0.25) is 0 Å². The molecule has 0 atom stereocenters. The van der Waals surface area contributed by atoms with E-state index in [9.17, 15) is 0 Å². The molecule has 0 fully saturated rings. The standard InChI is InChI=1S/C13H15NS/c1-8-4-12-11(7-15)6-10(3)14-13(12)5-9(8)2/h4-6,15H,7H2,1-3H3. The van der Waals surface area contributed by atoms with E-state index in [0.29, 0.717) is 0 Å². The molecule has 0 saturated heterocycles. The number of thiol groups is 1. The molecule has 15 heavy (non-hydrogen) atoms. The molecule has 1 nitrogen and oxygen atoms in total. The molecule has 2 aromatic rings. The smallest absolute Gasteiger partial charge is 0.0711 e. The Morgan fingerprint density at radius 1 is 1.07 bits per heavy atom. The Morgan fingerprint density at radius 2 is 1.73 bits per heavy atom. The van der Waals surface area contributed by atoms with E-state index in [4.69, 9.17) is 0 Å². The van der Waals surface area contributed by atoms with Crippen LogP contribution in [0.2, 0.25) is 0 Å². The first kappa shape index (κ1) is 10.5. The minimum atomic E-state index is 0.766. The van der Waals surface area contributed by atoms with Gasteiger partial charge in [-0.05, 0) is 55.7 Å². The maximum Gasteiger partial charge on any atom is 0.0711 e. The van der Waals surface area contributed by atoms with Gasteiger partial charge in [-0.15, -0.1) is 0 Å². The summed E-state index contributed by atoms with van der Waals surface area (Å²) >= 11 is 4.37. The highest BCUT2D eigenvalue weighted by atomic mass is 32.1. The summed E-state index contributed by atoms with van der Waals surface area (Å²) in [5.74, 6) is 0.766. The van der Waals surface area contributed by atoms with Gasteiger partial charge >= 0.3 is 0 Å². The predicted octanol–water partition coefficient (Wildman–Crippen LogP) is 3.59. The highest BCUT2D eigenvalue weighted by Gasteiger charge is 2.04. The molecule has 0 bridgehead atoms. The summed E-state index contributed by atoms with van der Waals surface area (Å²) < 4.78 is 0. The lowest BCUT2D eigenvalue weighted by molar-refractivity contribution is 1.22. The van der Waals surface area contributed by atoms with Crippen LogP contribution in [0.1, 0.15) is 22.4 Å². The third kappa shape index (κ3) is 1.86. The van der Waals surface area contributed by atoms with Crippen LogP contribution in [0, 0.1) is 20.8 Å². The Kier molecular flexibility index (Phi) is 2.70. The summed E-state index contributed by atoms with van der Waals surface area (Å²) in [4.78, 5) is 4.55. The number of rotatable bonds is 1. The monoisotopic (exact) mass is 217 g/mol. The van der Waals surface area contributed by atoms with Crippen molar-refractivity contribution in [1.29, 1.82) is 0 Å². The third-order valence-electron chi connectivity index (χ3n) is 2.81. The normalized spacial score (nSPS) is 10.9. The Hall–Kier alpha value is -1.02. The summed E-state index contributed by atoms with van der Waals surface area (Å²) in [6.45, 7) is 6.29.